The van der Waals surface area contributed by atoms with Crippen LogP contribution in [-0.2, 0) is 6.18 Å². The van der Waals surface area contributed by atoms with Crippen LogP contribution in [0, 0.1) is 0 Å². The topological polar surface area (TPSA) is 54.9 Å². The molecule has 2 rings (SSSR count). The van der Waals surface area contributed by atoms with E-state index in [1.165, 1.54) is 0 Å². The van der Waals surface area contributed by atoms with Gasteiger partial charge >= 0.3 is 17.3 Å². The first-order valence-electron chi connectivity index (χ1n) is 4.98. The highest BCUT2D eigenvalue weighted by atomic mass is 35.5. The Bertz CT molecular complexity index is 734. The van der Waals surface area contributed by atoms with Crippen LogP contribution in [0.4, 0.5) is 13.2 Å². The van der Waals surface area contributed by atoms with Gasteiger partial charge in [0, 0.05) is 12.4 Å². The van der Waals surface area contributed by atoms with Gasteiger partial charge in [-0.3, -0.25) is 14.2 Å². The number of nitrogens with zero attached hydrogens (tertiary/aromatic N) is 1. The minimum Gasteiger partial charge on any atom is -0.323 e. The predicted molar refractivity (Wildman–Crippen MR) is 62.7 cm³/mol. The number of benzene rings is 1. The van der Waals surface area contributed by atoms with Crippen LogP contribution in [0.25, 0.3) is 5.69 Å². The summed E-state index contributed by atoms with van der Waals surface area (Å²) >= 11 is 5.77. The van der Waals surface area contributed by atoms with E-state index < -0.39 is 22.9 Å². The molecule has 0 fully saturated rings. The van der Waals surface area contributed by atoms with E-state index in [2.05, 4.69) is 4.98 Å². The Kier molecular flexibility index (Phi) is 3.23. The summed E-state index contributed by atoms with van der Waals surface area (Å²) in [6.07, 6.45) is -2.30. The SMILES string of the molecule is O=c1[nH]ccn(-c2cc(C(F)(F)F)ccc2Cl)c1=O. The molecular weight excluding hydrogens is 285 g/mol. The van der Waals surface area contributed by atoms with Gasteiger partial charge < -0.3 is 4.98 Å². The van der Waals surface area contributed by atoms with Crippen molar-refractivity contribution in [3.63, 3.8) is 0 Å². The largest absolute Gasteiger partial charge is 0.416 e. The monoisotopic (exact) mass is 290 g/mol. The molecule has 0 spiro atoms. The number of hydrogen-bond donors (Lipinski definition) is 1. The van der Waals surface area contributed by atoms with E-state index in [9.17, 15) is 22.8 Å². The molecule has 0 aliphatic carbocycles. The molecule has 2 aromatic rings. The summed E-state index contributed by atoms with van der Waals surface area (Å²) in [7, 11) is 0. The molecule has 100 valence electrons. The minimum absolute atomic E-state index is 0.0688. The number of hydrogen-bond acceptors (Lipinski definition) is 2. The van der Waals surface area contributed by atoms with Crippen molar-refractivity contribution in [1.82, 2.24) is 9.55 Å². The molecule has 4 nitrogen and oxygen atoms in total. The number of alkyl halides is 3. The molecule has 1 aromatic heterocycles. The number of H-pyrrole nitrogens is 1. The van der Waals surface area contributed by atoms with Crippen molar-refractivity contribution in [3.05, 3.63) is 61.9 Å². The number of aromatic nitrogens is 2. The fourth-order valence-electron chi connectivity index (χ4n) is 1.49. The van der Waals surface area contributed by atoms with Crippen molar-refractivity contribution < 1.29 is 13.2 Å². The Morgan fingerprint density at radius 2 is 1.89 bits per heavy atom. The number of rotatable bonds is 1. The molecular formula is C11H6ClF3N2O2. The van der Waals surface area contributed by atoms with Crippen LogP contribution in [0.2, 0.25) is 5.02 Å². The van der Waals surface area contributed by atoms with Gasteiger partial charge in [-0.25, -0.2) is 0 Å². The lowest BCUT2D eigenvalue weighted by molar-refractivity contribution is -0.137. The zero-order valence-electron chi connectivity index (χ0n) is 9.16. The Morgan fingerprint density at radius 3 is 2.53 bits per heavy atom. The van der Waals surface area contributed by atoms with Crippen molar-refractivity contribution in [2.75, 3.05) is 0 Å². The highest BCUT2D eigenvalue weighted by molar-refractivity contribution is 6.32. The summed E-state index contributed by atoms with van der Waals surface area (Å²) in [5.41, 5.74) is -3.12. The van der Waals surface area contributed by atoms with Gasteiger partial charge in [0.15, 0.2) is 0 Å². The summed E-state index contributed by atoms with van der Waals surface area (Å²) in [6.45, 7) is 0. The molecule has 0 aliphatic heterocycles. The lowest BCUT2D eigenvalue weighted by atomic mass is 10.2. The average Bonchev–Trinajstić information content (AvgIpc) is 2.32. The molecule has 19 heavy (non-hydrogen) atoms. The third-order valence-corrected chi connectivity index (χ3v) is 2.70. The lowest BCUT2D eigenvalue weighted by Gasteiger charge is -2.11. The fourth-order valence-corrected chi connectivity index (χ4v) is 1.70. The van der Waals surface area contributed by atoms with Crippen molar-refractivity contribution in [1.29, 1.82) is 0 Å². The zero-order valence-corrected chi connectivity index (χ0v) is 9.92. The Labute approximate surface area is 109 Å². The zero-order chi connectivity index (χ0) is 14.2. The van der Waals surface area contributed by atoms with E-state index in [0.29, 0.717) is 6.07 Å². The molecule has 0 saturated carbocycles. The highest BCUT2D eigenvalue weighted by Gasteiger charge is 2.31. The maximum atomic E-state index is 12.6. The van der Waals surface area contributed by atoms with Gasteiger partial charge in [-0.15, -0.1) is 0 Å². The van der Waals surface area contributed by atoms with Crippen LogP contribution >= 0.6 is 11.6 Å². The second-order valence-electron chi connectivity index (χ2n) is 3.63. The molecule has 1 heterocycles. The van der Waals surface area contributed by atoms with Crippen LogP contribution in [0.1, 0.15) is 5.56 Å². The Hall–Kier alpha value is -2.02. The number of aromatic amines is 1. The van der Waals surface area contributed by atoms with Crippen LogP contribution in [0.15, 0.2) is 40.2 Å². The van der Waals surface area contributed by atoms with Gasteiger partial charge in [0.05, 0.1) is 16.3 Å². The summed E-state index contributed by atoms with van der Waals surface area (Å²) in [5.74, 6) is 0. The molecule has 0 atom stereocenters. The molecule has 0 bridgehead atoms. The first kappa shape index (κ1) is 13.4. The average molecular weight is 291 g/mol. The minimum atomic E-state index is -4.57. The maximum Gasteiger partial charge on any atom is 0.416 e. The van der Waals surface area contributed by atoms with E-state index in [4.69, 9.17) is 11.6 Å². The molecule has 1 N–H and O–H groups in total. The van der Waals surface area contributed by atoms with Crippen LogP contribution in [0.3, 0.4) is 0 Å². The fraction of sp³-hybridized carbons (Fsp3) is 0.0909. The molecule has 0 unspecified atom stereocenters. The second kappa shape index (κ2) is 4.58. The lowest BCUT2D eigenvalue weighted by Crippen LogP contribution is -2.34. The predicted octanol–water partition coefficient (Wildman–Crippen LogP) is 2.20. The summed E-state index contributed by atoms with van der Waals surface area (Å²) < 4.78 is 38.6. The van der Waals surface area contributed by atoms with Crippen molar-refractivity contribution >= 4 is 11.6 Å². The third-order valence-electron chi connectivity index (χ3n) is 2.38. The van der Waals surface area contributed by atoms with E-state index in [1.807, 2.05) is 0 Å². The molecule has 0 radical (unpaired) electrons. The second-order valence-corrected chi connectivity index (χ2v) is 4.04. The van der Waals surface area contributed by atoms with Gasteiger partial charge in [0.2, 0.25) is 0 Å². The number of halogens is 4. The molecule has 0 aliphatic rings. The van der Waals surface area contributed by atoms with Gasteiger partial charge in [0.1, 0.15) is 0 Å². The van der Waals surface area contributed by atoms with Crippen molar-refractivity contribution in [2.24, 2.45) is 0 Å². The van der Waals surface area contributed by atoms with Crippen LogP contribution in [-0.4, -0.2) is 9.55 Å². The van der Waals surface area contributed by atoms with Gasteiger partial charge in [-0.05, 0) is 18.2 Å². The Balaban J connectivity index is 2.72. The van der Waals surface area contributed by atoms with Gasteiger partial charge in [0.25, 0.3) is 0 Å². The molecule has 1 aromatic carbocycles. The van der Waals surface area contributed by atoms with E-state index in [1.54, 1.807) is 0 Å². The Morgan fingerprint density at radius 1 is 1.21 bits per heavy atom. The smallest absolute Gasteiger partial charge is 0.323 e. The maximum absolute atomic E-state index is 12.6. The van der Waals surface area contributed by atoms with Crippen molar-refractivity contribution in [3.8, 4) is 5.69 Å². The van der Waals surface area contributed by atoms with Crippen LogP contribution < -0.4 is 11.1 Å². The van der Waals surface area contributed by atoms with E-state index in [0.717, 1.165) is 29.1 Å². The standard InChI is InChI=1S/C11H6ClF3N2O2/c12-7-2-1-6(11(13,14)15)5-8(7)17-4-3-16-9(18)10(17)19/h1-5H,(H,16,18). The van der Waals surface area contributed by atoms with Gasteiger partial charge in [-0.1, -0.05) is 11.6 Å². The highest BCUT2D eigenvalue weighted by Crippen LogP contribution is 2.32. The summed E-state index contributed by atoms with van der Waals surface area (Å²) in [5, 5.41) is -0.0688. The first-order chi connectivity index (χ1) is 8.80. The third kappa shape index (κ3) is 2.55. The molecule has 8 heteroatoms. The van der Waals surface area contributed by atoms with Crippen molar-refractivity contribution in [2.45, 2.75) is 6.18 Å². The first-order valence-corrected chi connectivity index (χ1v) is 5.36. The summed E-state index contributed by atoms with van der Waals surface area (Å²) in [6, 6.07) is 2.53. The quantitative estimate of drug-likeness (QED) is 0.819. The van der Waals surface area contributed by atoms with E-state index in [-0.39, 0.29) is 10.7 Å². The van der Waals surface area contributed by atoms with Crippen LogP contribution in [0.5, 0.6) is 0 Å². The summed E-state index contributed by atoms with van der Waals surface area (Å²) in [4.78, 5) is 24.8. The molecule has 0 saturated heterocycles. The molecule has 0 amide bonds. The normalized spacial score (nSPS) is 11.6. The van der Waals surface area contributed by atoms with Gasteiger partial charge in [-0.2, -0.15) is 13.2 Å². The number of nitrogens with one attached hydrogen (secondary N) is 1. The van der Waals surface area contributed by atoms with E-state index >= 15 is 0 Å².